The maximum Gasteiger partial charge on any atom is 0.347 e. The van der Waals surface area contributed by atoms with Crippen LogP contribution in [0.4, 0.5) is 11.4 Å². The summed E-state index contributed by atoms with van der Waals surface area (Å²) in [6.45, 7) is 1.18. The van der Waals surface area contributed by atoms with Crippen LogP contribution < -0.4 is 10.1 Å². The van der Waals surface area contributed by atoms with Crippen LogP contribution in [0.3, 0.4) is 0 Å². The van der Waals surface area contributed by atoms with Crippen molar-refractivity contribution in [2.45, 2.75) is 19.4 Å². The summed E-state index contributed by atoms with van der Waals surface area (Å²) in [4.78, 5) is 34.3. The van der Waals surface area contributed by atoms with Crippen molar-refractivity contribution >= 4 is 23.3 Å². The molecule has 0 radical (unpaired) electrons. The molecule has 0 unspecified atom stereocenters. The minimum atomic E-state index is -0.851. The number of nitro groups is 1. The highest BCUT2D eigenvalue weighted by molar-refractivity contribution is 5.95. The van der Waals surface area contributed by atoms with Crippen molar-refractivity contribution in [3.8, 4) is 5.75 Å². The molecule has 0 aromatic heterocycles. The van der Waals surface area contributed by atoms with Crippen LogP contribution >= 0.6 is 0 Å². The van der Waals surface area contributed by atoms with E-state index in [2.05, 4.69) is 5.32 Å². The van der Waals surface area contributed by atoms with Gasteiger partial charge in [0.15, 0.2) is 12.7 Å². The number of esters is 1. The Morgan fingerprint density at radius 2 is 1.77 bits per heavy atom. The molecule has 0 aliphatic heterocycles. The number of ether oxygens (including phenoxy) is 2. The van der Waals surface area contributed by atoms with Gasteiger partial charge in [-0.05, 0) is 24.6 Å². The first-order valence-electron chi connectivity index (χ1n) is 7.93. The molecule has 8 heteroatoms. The topological polar surface area (TPSA) is 108 Å². The molecule has 0 spiro atoms. The first-order valence-corrected chi connectivity index (χ1v) is 7.93. The number of hydrogen-bond donors (Lipinski definition) is 1. The fraction of sp³-hybridized carbons (Fsp3) is 0.222. The van der Waals surface area contributed by atoms with Gasteiger partial charge in [-0.2, -0.15) is 0 Å². The lowest BCUT2D eigenvalue weighted by atomic mass is 10.2. The Morgan fingerprint density at radius 1 is 1.12 bits per heavy atom. The first-order chi connectivity index (χ1) is 12.5. The molecular formula is C18H18N2O6. The summed E-state index contributed by atoms with van der Waals surface area (Å²) in [7, 11) is 0. The van der Waals surface area contributed by atoms with Crippen molar-refractivity contribution in [1.82, 2.24) is 0 Å². The second-order valence-corrected chi connectivity index (χ2v) is 5.26. The Balaban J connectivity index is 1.90. The molecule has 0 aliphatic rings. The number of nitrogens with one attached hydrogen (secondary N) is 1. The highest BCUT2D eigenvalue weighted by Gasteiger charge is 2.22. The number of para-hydroxylation sites is 3. The SMILES string of the molecule is CC[C@H](Oc1ccccc1)C(=O)OCC(=O)Nc1ccccc1[N+](=O)[O-]. The van der Waals surface area contributed by atoms with Gasteiger partial charge in [0.2, 0.25) is 0 Å². The van der Waals surface area contributed by atoms with E-state index in [4.69, 9.17) is 9.47 Å². The molecule has 1 amide bonds. The summed E-state index contributed by atoms with van der Waals surface area (Å²) in [6, 6.07) is 14.5. The number of carbonyl (C=O) groups excluding carboxylic acids is 2. The molecule has 0 fully saturated rings. The standard InChI is InChI=1S/C18H18N2O6/c1-2-16(26-13-8-4-3-5-9-13)18(22)25-12-17(21)19-14-10-6-7-11-15(14)20(23)24/h3-11,16H,2,12H2,1H3,(H,19,21)/t16-/m0/s1. The monoisotopic (exact) mass is 358 g/mol. The van der Waals surface area contributed by atoms with Crippen LogP contribution in [0.15, 0.2) is 54.6 Å². The van der Waals surface area contributed by atoms with Crippen LogP contribution in [0.5, 0.6) is 5.75 Å². The van der Waals surface area contributed by atoms with Gasteiger partial charge >= 0.3 is 5.97 Å². The van der Waals surface area contributed by atoms with Crippen molar-refractivity contribution in [2.24, 2.45) is 0 Å². The van der Waals surface area contributed by atoms with E-state index in [1.807, 2.05) is 6.07 Å². The molecule has 8 nitrogen and oxygen atoms in total. The quantitative estimate of drug-likeness (QED) is 0.441. The smallest absolute Gasteiger partial charge is 0.347 e. The molecule has 0 saturated carbocycles. The number of benzene rings is 2. The summed E-state index contributed by atoms with van der Waals surface area (Å²) < 4.78 is 10.5. The zero-order valence-corrected chi connectivity index (χ0v) is 14.1. The van der Waals surface area contributed by atoms with E-state index < -0.39 is 29.5 Å². The molecule has 0 heterocycles. The maximum absolute atomic E-state index is 12.1. The lowest BCUT2D eigenvalue weighted by Gasteiger charge is -2.16. The van der Waals surface area contributed by atoms with E-state index in [1.54, 1.807) is 37.3 Å². The van der Waals surface area contributed by atoms with Crippen LogP contribution in [0.2, 0.25) is 0 Å². The Kier molecular flexibility index (Phi) is 6.67. The molecule has 1 N–H and O–H groups in total. The molecule has 2 aromatic rings. The van der Waals surface area contributed by atoms with Gasteiger partial charge in [0.1, 0.15) is 11.4 Å². The van der Waals surface area contributed by atoms with Crippen molar-refractivity contribution in [3.63, 3.8) is 0 Å². The summed E-state index contributed by atoms with van der Waals surface area (Å²) in [6.07, 6.45) is -0.490. The fourth-order valence-corrected chi connectivity index (χ4v) is 2.12. The summed E-state index contributed by atoms with van der Waals surface area (Å²) in [5.41, 5.74) is -0.211. The summed E-state index contributed by atoms with van der Waals surface area (Å²) in [5, 5.41) is 13.3. The third-order valence-electron chi connectivity index (χ3n) is 3.38. The Bertz CT molecular complexity index is 778. The largest absolute Gasteiger partial charge is 0.479 e. The van der Waals surface area contributed by atoms with Gasteiger partial charge in [-0.25, -0.2) is 4.79 Å². The van der Waals surface area contributed by atoms with Crippen LogP contribution in [-0.2, 0) is 14.3 Å². The molecule has 2 aromatic carbocycles. The van der Waals surface area contributed by atoms with E-state index in [0.29, 0.717) is 12.2 Å². The van der Waals surface area contributed by atoms with E-state index in [9.17, 15) is 19.7 Å². The van der Waals surface area contributed by atoms with Gasteiger partial charge < -0.3 is 14.8 Å². The van der Waals surface area contributed by atoms with Crippen LogP contribution in [0.25, 0.3) is 0 Å². The highest BCUT2D eigenvalue weighted by atomic mass is 16.6. The lowest BCUT2D eigenvalue weighted by molar-refractivity contribution is -0.383. The number of amides is 1. The Morgan fingerprint density at radius 3 is 2.42 bits per heavy atom. The summed E-state index contributed by atoms with van der Waals surface area (Å²) in [5.74, 6) is -0.850. The molecule has 0 bridgehead atoms. The predicted molar refractivity (Wildman–Crippen MR) is 93.8 cm³/mol. The highest BCUT2D eigenvalue weighted by Crippen LogP contribution is 2.23. The third kappa shape index (κ3) is 5.30. The second kappa shape index (κ2) is 9.16. The molecule has 136 valence electrons. The molecule has 26 heavy (non-hydrogen) atoms. The Labute approximate surface area is 149 Å². The van der Waals surface area contributed by atoms with Crippen LogP contribution in [-0.4, -0.2) is 29.5 Å². The minimum Gasteiger partial charge on any atom is -0.479 e. The van der Waals surface area contributed by atoms with Crippen molar-refractivity contribution < 1.29 is 24.0 Å². The van der Waals surface area contributed by atoms with E-state index >= 15 is 0 Å². The number of anilines is 1. The van der Waals surface area contributed by atoms with Gasteiger partial charge in [0, 0.05) is 6.07 Å². The van der Waals surface area contributed by atoms with E-state index in [1.165, 1.54) is 18.2 Å². The number of nitrogens with zero attached hydrogens (tertiary/aromatic N) is 1. The van der Waals surface area contributed by atoms with Crippen molar-refractivity contribution in [1.29, 1.82) is 0 Å². The average Bonchev–Trinajstić information content (AvgIpc) is 2.65. The normalized spacial score (nSPS) is 11.3. The first kappa shape index (κ1) is 18.9. The van der Waals surface area contributed by atoms with Gasteiger partial charge in [-0.3, -0.25) is 14.9 Å². The van der Waals surface area contributed by atoms with E-state index in [-0.39, 0.29) is 11.4 Å². The number of rotatable bonds is 8. The minimum absolute atomic E-state index is 0.0335. The number of nitro benzene ring substituents is 1. The number of hydrogen-bond acceptors (Lipinski definition) is 6. The molecule has 1 atom stereocenters. The van der Waals surface area contributed by atoms with Crippen molar-refractivity contribution in [2.75, 3.05) is 11.9 Å². The maximum atomic E-state index is 12.1. The van der Waals surface area contributed by atoms with E-state index in [0.717, 1.165) is 0 Å². The molecule has 2 rings (SSSR count). The molecule has 0 aliphatic carbocycles. The second-order valence-electron chi connectivity index (χ2n) is 5.26. The lowest BCUT2D eigenvalue weighted by Crippen LogP contribution is -2.31. The van der Waals surface area contributed by atoms with Gasteiger partial charge in [-0.15, -0.1) is 0 Å². The zero-order valence-electron chi connectivity index (χ0n) is 14.1. The zero-order chi connectivity index (χ0) is 18.9. The predicted octanol–water partition coefficient (Wildman–Crippen LogP) is 2.93. The third-order valence-corrected chi connectivity index (χ3v) is 3.38. The number of carbonyl (C=O) groups is 2. The van der Waals surface area contributed by atoms with Crippen LogP contribution in [0, 0.1) is 10.1 Å². The van der Waals surface area contributed by atoms with Crippen molar-refractivity contribution in [3.05, 3.63) is 64.7 Å². The van der Waals surface area contributed by atoms with Crippen LogP contribution in [0.1, 0.15) is 13.3 Å². The average molecular weight is 358 g/mol. The Hall–Kier alpha value is -3.42. The molecule has 0 saturated heterocycles. The van der Waals surface area contributed by atoms with Gasteiger partial charge in [-0.1, -0.05) is 37.3 Å². The van der Waals surface area contributed by atoms with Gasteiger partial charge in [0.25, 0.3) is 11.6 Å². The molecular weight excluding hydrogens is 340 g/mol. The fourth-order valence-electron chi connectivity index (χ4n) is 2.12. The van der Waals surface area contributed by atoms with Gasteiger partial charge in [0.05, 0.1) is 4.92 Å². The summed E-state index contributed by atoms with van der Waals surface area (Å²) >= 11 is 0.